The minimum atomic E-state index is -1.09. The van der Waals surface area contributed by atoms with E-state index in [4.69, 9.17) is 9.99 Å². The van der Waals surface area contributed by atoms with E-state index >= 15 is 0 Å². The van der Waals surface area contributed by atoms with Crippen LogP contribution < -0.4 is 5.48 Å². The lowest BCUT2D eigenvalue weighted by atomic mass is 10.1. The van der Waals surface area contributed by atoms with E-state index < -0.39 is 12.1 Å². The van der Waals surface area contributed by atoms with Crippen LogP contribution in [0.4, 0.5) is 0 Å². The van der Waals surface area contributed by atoms with Crippen LogP contribution in [0.3, 0.4) is 0 Å². The largest absolute Gasteiger partial charge is 0.479 e. The van der Waals surface area contributed by atoms with Crippen molar-refractivity contribution in [2.24, 2.45) is 0 Å². The van der Waals surface area contributed by atoms with Crippen molar-refractivity contribution in [2.75, 3.05) is 0 Å². The van der Waals surface area contributed by atoms with Gasteiger partial charge in [-0.2, -0.15) is 4.89 Å². The summed E-state index contributed by atoms with van der Waals surface area (Å²) in [5, 5.41) is 8.91. The van der Waals surface area contributed by atoms with Crippen LogP contribution in [0.5, 0.6) is 0 Å². The van der Waals surface area contributed by atoms with Gasteiger partial charge in [0.05, 0.1) is 0 Å². The Balaban J connectivity index is 3.57. The number of hydroxylamine groups is 1. The molecule has 0 saturated carbocycles. The molecule has 0 spiro atoms. The van der Waals surface area contributed by atoms with Crippen LogP contribution in [0.1, 0.15) is 84.5 Å². The standard InChI is InChI=1S/C16H31NO5/c1-3-5-7-8-9-10-11-13-15(18)17-22-21-14(16(19)20)12-6-4-2/h14H,3-13H2,1-2H3,(H,17,18)(H,19,20). The summed E-state index contributed by atoms with van der Waals surface area (Å²) in [6.45, 7) is 4.15. The lowest BCUT2D eigenvalue weighted by Crippen LogP contribution is -2.30. The monoisotopic (exact) mass is 317 g/mol. The average molecular weight is 317 g/mol. The Labute approximate surface area is 133 Å². The lowest BCUT2D eigenvalue weighted by Gasteiger charge is -2.11. The molecule has 0 aliphatic heterocycles. The van der Waals surface area contributed by atoms with Crippen molar-refractivity contribution in [1.82, 2.24) is 5.48 Å². The molecule has 0 radical (unpaired) electrons. The van der Waals surface area contributed by atoms with Gasteiger partial charge in [-0.1, -0.05) is 65.2 Å². The maximum atomic E-state index is 11.5. The molecule has 0 aromatic heterocycles. The fourth-order valence-electron chi connectivity index (χ4n) is 2.02. The highest BCUT2D eigenvalue weighted by atomic mass is 17.3. The molecule has 0 aliphatic rings. The number of unbranched alkanes of at least 4 members (excludes halogenated alkanes) is 7. The quantitative estimate of drug-likeness (QED) is 0.273. The maximum Gasteiger partial charge on any atom is 0.336 e. The number of carboxylic acid groups (broad SMARTS) is 1. The van der Waals surface area contributed by atoms with Gasteiger partial charge in [-0.15, -0.1) is 4.99 Å². The first-order chi connectivity index (χ1) is 10.6. The van der Waals surface area contributed by atoms with Crippen LogP contribution in [0.15, 0.2) is 0 Å². The van der Waals surface area contributed by atoms with E-state index in [0.717, 1.165) is 32.1 Å². The molecule has 0 aliphatic carbocycles. The molecule has 1 unspecified atom stereocenters. The van der Waals surface area contributed by atoms with Gasteiger partial charge in [0.2, 0.25) is 5.91 Å². The first-order valence-electron chi connectivity index (χ1n) is 8.45. The van der Waals surface area contributed by atoms with E-state index in [9.17, 15) is 9.59 Å². The molecule has 0 heterocycles. The number of hydrogen-bond donors (Lipinski definition) is 2. The molecule has 0 bridgehead atoms. The first kappa shape index (κ1) is 20.9. The van der Waals surface area contributed by atoms with Gasteiger partial charge in [0.25, 0.3) is 0 Å². The van der Waals surface area contributed by atoms with Crippen LogP contribution in [0, 0.1) is 0 Å². The van der Waals surface area contributed by atoms with E-state index in [0.29, 0.717) is 12.8 Å². The van der Waals surface area contributed by atoms with Crippen molar-refractivity contribution in [3.63, 3.8) is 0 Å². The highest BCUT2D eigenvalue weighted by molar-refractivity contribution is 5.74. The molecule has 1 atom stereocenters. The van der Waals surface area contributed by atoms with Gasteiger partial charge >= 0.3 is 5.97 Å². The Hall–Kier alpha value is -1.14. The van der Waals surface area contributed by atoms with Crippen LogP contribution in [0.2, 0.25) is 0 Å². The van der Waals surface area contributed by atoms with Gasteiger partial charge in [0, 0.05) is 6.42 Å². The number of carbonyl (C=O) groups excluding carboxylic acids is 1. The van der Waals surface area contributed by atoms with Crippen molar-refractivity contribution in [3.05, 3.63) is 0 Å². The number of carboxylic acids is 1. The predicted molar refractivity (Wildman–Crippen MR) is 83.9 cm³/mol. The smallest absolute Gasteiger partial charge is 0.336 e. The third kappa shape index (κ3) is 12.6. The zero-order valence-corrected chi connectivity index (χ0v) is 13.9. The second-order valence-electron chi connectivity index (χ2n) is 5.55. The van der Waals surface area contributed by atoms with E-state index in [1.54, 1.807) is 0 Å². The molecule has 0 aromatic rings. The number of amides is 1. The topological polar surface area (TPSA) is 84.9 Å². The summed E-state index contributed by atoms with van der Waals surface area (Å²) in [5.41, 5.74) is 2.13. The predicted octanol–water partition coefficient (Wildman–Crippen LogP) is 3.75. The third-order valence-corrected chi connectivity index (χ3v) is 3.42. The van der Waals surface area contributed by atoms with E-state index in [-0.39, 0.29) is 5.91 Å². The Morgan fingerprint density at radius 1 is 0.955 bits per heavy atom. The molecule has 2 N–H and O–H groups in total. The summed E-state index contributed by atoms with van der Waals surface area (Å²) in [7, 11) is 0. The first-order valence-corrected chi connectivity index (χ1v) is 8.45. The van der Waals surface area contributed by atoms with Crippen molar-refractivity contribution in [3.8, 4) is 0 Å². The summed E-state index contributed by atoms with van der Waals surface area (Å²) in [6, 6.07) is 0. The van der Waals surface area contributed by atoms with Gasteiger partial charge in [-0.3, -0.25) is 4.79 Å². The Kier molecular flexibility index (Phi) is 14.0. The summed E-state index contributed by atoms with van der Waals surface area (Å²) in [4.78, 5) is 31.6. The van der Waals surface area contributed by atoms with Crippen LogP contribution in [0.25, 0.3) is 0 Å². The second kappa shape index (κ2) is 14.8. The normalized spacial score (nSPS) is 12.1. The molecule has 22 heavy (non-hydrogen) atoms. The number of rotatable bonds is 15. The SMILES string of the molecule is CCCCCCCCCC(=O)NOOC(CCCC)C(=O)O. The number of nitrogens with one attached hydrogen (secondary N) is 1. The molecule has 0 aromatic carbocycles. The van der Waals surface area contributed by atoms with Gasteiger partial charge in [0.15, 0.2) is 6.10 Å². The number of hydrogen-bond acceptors (Lipinski definition) is 4. The molecule has 0 fully saturated rings. The second-order valence-corrected chi connectivity index (χ2v) is 5.55. The molecule has 0 saturated heterocycles. The summed E-state index contributed by atoms with van der Waals surface area (Å²) >= 11 is 0. The van der Waals surface area contributed by atoms with E-state index in [1.165, 1.54) is 25.7 Å². The number of carbonyl (C=O) groups is 2. The fourth-order valence-corrected chi connectivity index (χ4v) is 2.02. The average Bonchev–Trinajstić information content (AvgIpc) is 2.49. The van der Waals surface area contributed by atoms with E-state index in [1.807, 2.05) is 6.92 Å². The summed E-state index contributed by atoms with van der Waals surface area (Å²) < 4.78 is 0. The highest BCUT2D eigenvalue weighted by Gasteiger charge is 2.19. The van der Waals surface area contributed by atoms with Crippen molar-refractivity contribution >= 4 is 11.9 Å². The molecule has 6 heteroatoms. The van der Waals surface area contributed by atoms with Crippen LogP contribution in [-0.4, -0.2) is 23.1 Å². The van der Waals surface area contributed by atoms with Crippen molar-refractivity contribution in [1.29, 1.82) is 0 Å². The minimum absolute atomic E-state index is 0.284. The molecule has 130 valence electrons. The zero-order chi connectivity index (χ0) is 16.6. The van der Waals surface area contributed by atoms with Gasteiger partial charge in [-0.05, 0) is 12.8 Å². The van der Waals surface area contributed by atoms with E-state index in [2.05, 4.69) is 17.4 Å². The Morgan fingerprint density at radius 3 is 2.14 bits per heavy atom. The van der Waals surface area contributed by atoms with Gasteiger partial charge in [0.1, 0.15) is 0 Å². The molecule has 0 rings (SSSR count). The molecule has 1 amide bonds. The lowest BCUT2D eigenvalue weighted by molar-refractivity contribution is -0.350. The van der Waals surface area contributed by atoms with Crippen LogP contribution >= 0.6 is 0 Å². The summed E-state index contributed by atoms with van der Waals surface area (Å²) in [5.74, 6) is -1.37. The Bertz CT molecular complexity index is 296. The zero-order valence-electron chi connectivity index (χ0n) is 13.9. The summed E-state index contributed by atoms with van der Waals surface area (Å²) in [6.07, 6.45) is 9.23. The van der Waals surface area contributed by atoms with Crippen LogP contribution in [-0.2, 0) is 19.5 Å². The van der Waals surface area contributed by atoms with Crippen molar-refractivity contribution in [2.45, 2.75) is 90.6 Å². The number of aliphatic carboxylic acids is 1. The molecular formula is C16H31NO5. The minimum Gasteiger partial charge on any atom is -0.479 e. The Morgan fingerprint density at radius 2 is 1.55 bits per heavy atom. The maximum absolute atomic E-state index is 11.5. The molecule has 6 nitrogen and oxygen atoms in total. The fraction of sp³-hybridized carbons (Fsp3) is 0.875. The van der Waals surface area contributed by atoms with Gasteiger partial charge in [-0.25, -0.2) is 10.3 Å². The third-order valence-electron chi connectivity index (χ3n) is 3.42. The highest BCUT2D eigenvalue weighted by Crippen LogP contribution is 2.08. The van der Waals surface area contributed by atoms with Gasteiger partial charge < -0.3 is 5.11 Å². The van der Waals surface area contributed by atoms with Crippen molar-refractivity contribution < 1.29 is 24.6 Å². The molecular weight excluding hydrogens is 286 g/mol.